The number of hydrogen-bond acceptors (Lipinski definition) is 7. The molecule has 10 nitrogen and oxygen atoms in total. The van der Waals surface area contributed by atoms with E-state index in [1.54, 1.807) is 35.2 Å². The molecule has 1 aromatic carbocycles. The van der Waals surface area contributed by atoms with Crippen LogP contribution in [0, 0.1) is 5.41 Å². The van der Waals surface area contributed by atoms with Crippen molar-refractivity contribution in [3.63, 3.8) is 0 Å². The number of nitrogens with one attached hydrogen (secondary N) is 1. The predicted molar refractivity (Wildman–Crippen MR) is 91.5 cm³/mol. The van der Waals surface area contributed by atoms with E-state index in [4.69, 9.17) is 10.6 Å². The molecule has 0 aliphatic heterocycles. The Labute approximate surface area is 143 Å². The number of nitrogens with zero attached hydrogens (tertiary/aromatic N) is 2. The van der Waals surface area contributed by atoms with Crippen LogP contribution in [0.1, 0.15) is 15.9 Å². The van der Waals surface area contributed by atoms with Gasteiger partial charge in [-0.2, -0.15) is 8.42 Å². The molecule has 1 aromatic heterocycles. The first kappa shape index (κ1) is 19.7. The van der Waals surface area contributed by atoms with Crippen molar-refractivity contribution in [1.29, 1.82) is 5.41 Å². The molecular weight excluding hydrogens is 350 g/mol. The topological polar surface area (TPSA) is 174 Å². The zero-order valence-electron chi connectivity index (χ0n) is 13.2. The summed E-state index contributed by atoms with van der Waals surface area (Å²) in [6, 6.07) is 8.09. The van der Waals surface area contributed by atoms with Gasteiger partial charge < -0.3 is 25.4 Å². The third kappa shape index (κ3) is 7.18. The van der Waals surface area contributed by atoms with Crippen molar-refractivity contribution in [1.82, 2.24) is 4.57 Å². The van der Waals surface area contributed by atoms with E-state index in [1.165, 1.54) is 12.1 Å². The number of hydrogen-bond donors (Lipinski definition) is 4. The van der Waals surface area contributed by atoms with E-state index in [2.05, 4.69) is 20.8 Å². The van der Waals surface area contributed by atoms with E-state index in [-0.39, 0.29) is 11.5 Å². The van der Waals surface area contributed by atoms with Crippen LogP contribution in [-0.4, -0.2) is 42.6 Å². The van der Waals surface area contributed by atoms with Crippen molar-refractivity contribution in [2.45, 2.75) is 0 Å². The Kier molecular flexibility index (Phi) is 6.70. The van der Waals surface area contributed by atoms with Crippen LogP contribution in [0.2, 0.25) is 0 Å². The van der Waals surface area contributed by atoms with Crippen molar-refractivity contribution in [2.24, 2.45) is 16.6 Å². The second kappa shape index (κ2) is 8.49. The summed E-state index contributed by atoms with van der Waals surface area (Å²) >= 11 is 0. The lowest BCUT2D eigenvalue weighted by Gasteiger charge is -2.08. The van der Waals surface area contributed by atoms with Crippen LogP contribution in [0.5, 0.6) is 0 Å². The molecule has 2 aromatic rings. The van der Waals surface area contributed by atoms with E-state index >= 15 is 0 Å². The van der Waals surface area contributed by atoms with Crippen molar-refractivity contribution >= 4 is 28.3 Å². The van der Waals surface area contributed by atoms with E-state index in [1.807, 2.05) is 0 Å². The van der Waals surface area contributed by atoms with Crippen molar-refractivity contribution < 1.29 is 22.6 Å². The van der Waals surface area contributed by atoms with Crippen LogP contribution in [0.25, 0.3) is 5.69 Å². The smallest absolute Gasteiger partial charge is 0.353 e. The summed E-state index contributed by atoms with van der Waals surface area (Å²) in [5, 5.41) is 17.6. The summed E-state index contributed by atoms with van der Waals surface area (Å²) in [4.78, 5) is 11.8. The molecule has 11 heteroatoms. The Hall–Kier alpha value is -3.34. The van der Waals surface area contributed by atoms with Gasteiger partial charge in [-0.1, -0.05) is 5.16 Å². The molecule has 0 radical (unpaired) electrons. The molecule has 0 atom stereocenters. The van der Waals surface area contributed by atoms with Gasteiger partial charge in [0.25, 0.3) is 0 Å². The Morgan fingerprint density at radius 3 is 2.32 bits per heavy atom. The molecule has 25 heavy (non-hydrogen) atoms. The number of carbonyl (C=O) groups is 1. The highest BCUT2D eigenvalue weighted by atomic mass is 32.2. The highest BCUT2D eigenvalue weighted by Gasteiger charge is 2.15. The number of benzene rings is 1. The van der Waals surface area contributed by atoms with Gasteiger partial charge in [-0.15, -0.1) is 0 Å². The maximum atomic E-state index is 11.8. The average Bonchev–Trinajstić information content (AvgIpc) is 2.99. The first-order chi connectivity index (χ1) is 11.6. The standard InChI is InChI=1S/C13H12N2O5S.CH5N3/c1-21(18,19)20-13(16)11-6-10(9-14-17)7-12(8-11)15-4-2-3-5-15;2-1(3)4/h2-9,17H,1H3;(H5,2,3,4)/b14-9-;. The van der Waals surface area contributed by atoms with Gasteiger partial charge in [-0.05, 0) is 35.9 Å². The lowest BCUT2D eigenvalue weighted by atomic mass is 10.1. The Balaban J connectivity index is 0.000000705. The Bertz CT molecular complexity index is 871. The fraction of sp³-hybridized carbons (Fsp3) is 0.0714. The maximum Gasteiger partial charge on any atom is 0.353 e. The molecule has 0 bridgehead atoms. The molecule has 0 saturated heterocycles. The molecule has 0 spiro atoms. The molecule has 0 unspecified atom stereocenters. The normalized spacial score (nSPS) is 10.8. The van der Waals surface area contributed by atoms with E-state index < -0.39 is 16.1 Å². The highest BCUT2D eigenvalue weighted by molar-refractivity contribution is 7.86. The molecule has 0 aliphatic carbocycles. The Morgan fingerprint density at radius 1 is 1.28 bits per heavy atom. The second-order valence-corrected chi connectivity index (χ2v) is 6.25. The van der Waals surface area contributed by atoms with Gasteiger partial charge in [0.2, 0.25) is 0 Å². The third-order valence-corrected chi connectivity index (χ3v) is 2.97. The van der Waals surface area contributed by atoms with Crippen LogP contribution >= 0.6 is 0 Å². The van der Waals surface area contributed by atoms with Gasteiger partial charge in [0.1, 0.15) is 0 Å². The number of nitrogens with two attached hydrogens (primary N) is 2. The van der Waals surface area contributed by atoms with Gasteiger partial charge in [0.05, 0.1) is 18.0 Å². The summed E-state index contributed by atoms with van der Waals surface area (Å²) in [7, 11) is -3.90. The number of rotatable bonds is 4. The van der Waals surface area contributed by atoms with Gasteiger partial charge in [-0.25, -0.2) is 4.79 Å². The number of guanidine groups is 1. The fourth-order valence-electron chi connectivity index (χ4n) is 1.74. The first-order valence-corrected chi connectivity index (χ1v) is 8.43. The minimum atomic E-state index is -3.90. The minimum Gasteiger partial charge on any atom is -0.411 e. The van der Waals surface area contributed by atoms with E-state index in [0.717, 1.165) is 12.5 Å². The van der Waals surface area contributed by atoms with Gasteiger partial charge in [0.15, 0.2) is 5.96 Å². The van der Waals surface area contributed by atoms with Crippen LogP contribution < -0.4 is 11.5 Å². The Morgan fingerprint density at radius 2 is 1.84 bits per heavy atom. The van der Waals surface area contributed by atoms with Gasteiger partial charge >= 0.3 is 16.1 Å². The molecule has 0 saturated carbocycles. The second-order valence-electron chi connectivity index (χ2n) is 4.68. The molecule has 0 amide bonds. The summed E-state index contributed by atoms with van der Waals surface area (Å²) < 4.78 is 28.1. The zero-order chi connectivity index (χ0) is 19.0. The molecule has 2 rings (SSSR count). The van der Waals surface area contributed by atoms with E-state index in [0.29, 0.717) is 11.3 Å². The molecule has 1 heterocycles. The quantitative estimate of drug-likeness (QED) is 0.197. The predicted octanol–water partition coefficient (Wildman–Crippen LogP) is 0.240. The largest absolute Gasteiger partial charge is 0.411 e. The first-order valence-electron chi connectivity index (χ1n) is 6.61. The molecule has 6 N–H and O–H groups in total. The monoisotopic (exact) mass is 367 g/mol. The SMILES string of the molecule is CS(=O)(=O)OC(=O)c1cc(/C=N\O)cc(-n2cccc2)c1.N=C(N)N. The van der Waals surface area contributed by atoms with Crippen molar-refractivity contribution in [2.75, 3.05) is 6.26 Å². The summed E-state index contributed by atoms with van der Waals surface area (Å²) in [6.07, 6.45) is 5.42. The molecule has 0 fully saturated rings. The summed E-state index contributed by atoms with van der Waals surface area (Å²) in [6.45, 7) is 0. The molecule has 134 valence electrons. The van der Waals surface area contributed by atoms with Crippen molar-refractivity contribution in [3.8, 4) is 5.69 Å². The lowest BCUT2D eigenvalue weighted by Crippen LogP contribution is -2.20. The number of aromatic nitrogens is 1. The minimum absolute atomic E-state index is 0.0292. The molecule has 0 aliphatic rings. The van der Waals surface area contributed by atoms with Gasteiger partial charge in [-0.3, -0.25) is 5.41 Å². The fourth-order valence-corrected chi connectivity index (χ4v) is 2.11. The highest BCUT2D eigenvalue weighted by Crippen LogP contribution is 2.15. The maximum absolute atomic E-state index is 11.8. The van der Waals surface area contributed by atoms with Crippen LogP contribution in [0.15, 0.2) is 47.9 Å². The van der Waals surface area contributed by atoms with Crippen LogP contribution in [0.4, 0.5) is 0 Å². The van der Waals surface area contributed by atoms with Crippen LogP contribution in [0.3, 0.4) is 0 Å². The van der Waals surface area contributed by atoms with Gasteiger partial charge in [0, 0.05) is 18.1 Å². The van der Waals surface area contributed by atoms with Crippen molar-refractivity contribution in [3.05, 3.63) is 53.9 Å². The van der Waals surface area contributed by atoms with Crippen LogP contribution in [-0.2, 0) is 14.3 Å². The van der Waals surface area contributed by atoms with E-state index in [9.17, 15) is 13.2 Å². The summed E-state index contributed by atoms with van der Waals surface area (Å²) in [5.74, 6) is -1.33. The number of oxime groups is 1. The third-order valence-electron chi connectivity index (χ3n) is 2.51. The lowest BCUT2D eigenvalue weighted by molar-refractivity contribution is 0.0748. The average molecular weight is 367 g/mol. The number of carbonyl (C=O) groups excluding carboxylic acids is 1. The molecular formula is C14H17N5O5S. The summed E-state index contributed by atoms with van der Waals surface area (Å²) in [5.41, 5.74) is 9.99. The zero-order valence-corrected chi connectivity index (χ0v) is 14.0.